The van der Waals surface area contributed by atoms with E-state index in [0.29, 0.717) is 12.2 Å². The van der Waals surface area contributed by atoms with Crippen LogP contribution in [0.4, 0.5) is 20.2 Å². The van der Waals surface area contributed by atoms with Crippen LogP contribution in [0.2, 0.25) is 0 Å². The third kappa shape index (κ3) is 2.43. The topological polar surface area (TPSA) is 29.3 Å². The third-order valence-corrected chi connectivity index (χ3v) is 2.85. The molecule has 0 heterocycles. The number of nitrogen functional groups attached to an aromatic ring is 1. The number of anilines is 2. The average molecular weight is 228 g/mol. The molecule has 4 heteroatoms. The Balaban J connectivity index is 3.19. The van der Waals surface area contributed by atoms with Crippen LogP contribution in [0.25, 0.3) is 0 Å². The zero-order valence-electron chi connectivity index (χ0n) is 9.93. The lowest BCUT2D eigenvalue weighted by molar-refractivity contribution is 0.578. The van der Waals surface area contributed by atoms with Gasteiger partial charge < -0.3 is 10.6 Å². The number of nitrogens with two attached hydrogens (primary N) is 1. The molecule has 2 nitrogen and oxygen atoms in total. The fourth-order valence-electron chi connectivity index (χ4n) is 1.75. The second-order valence-electron chi connectivity index (χ2n) is 3.86. The van der Waals surface area contributed by atoms with Gasteiger partial charge >= 0.3 is 0 Å². The van der Waals surface area contributed by atoms with E-state index in [-0.39, 0.29) is 11.7 Å². The molecule has 0 aliphatic heterocycles. The van der Waals surface area contributed by atoms with Crippen molar-refractivity contribution in [1.82, 2.24) is 0 Å². The van der Waals surface area contributed by atoms with Crippen molar-refractivity contribution in [2.75, 3.05) is 17.2 Å². The van der Waals surface area contributed by atoms with E-state index >= 15 is 0 Å². The molecular formula is C12H18F2N2. The standard InChI is InChI=1S/C12H18F2N2/c1-4-8(3)16(5-2)11-7-9(13)6-10(14)12(11)15/h6-8H,4-5,15H2,1-3H3. The Labute approximate surface area is 95.1 Å². The van der Waals surface area contributed by atoms with Gasteiger partial charge in [0.2, 0.25) is 0 Å². The van der Waals surface area contributed by atoms with Gasteiger partial charge in [-0.15, -0.1) is 0 Å². The van der Waals surface area contributed by atoms with Crippen molar-refractivity contribution in [3.05, 3.63) is 23.8 Å². The van der Waals surface area contributed by atoms with Gasteiger partial charge in [-0.3, -0.25) is 0 Å². The van der Waals surface area contributed by atoms with Crippen LogP contribution in [-0.4, -0.2) is 12.6 Å². The minimum absolute atomic E-state index is 0.0172. The molecule has 1 rings (SSSR count). The Morgan fingerprint density at radius 1 is 1.31 bits per heavy atom. The minimum Gasteiger partial charge on any atom is -0.395 e. The van der Waals surface area contributed by atoms with Crippen LogP contribution in [0.3, 0.4) is 0 Å². The predicted octanol–water partition coefficient (Wildman–Crippen LogP) is 3.17. The number of rotatable bonds is 4. The second kappa shape index (κ2) is 5.14. The lowest BCUT2D eigenvalue weighted by atomic mass is 10.1. The van der Waals surface area contributed by atoms with Crippen molar-refractivity contribution < 1.29 is 8.78 Å². The number of hydrogen-bond donors (Lipinski definition) is 1. The Morgan fingerprint density at radius 2 is 1.94 bits per heavy atom. The van der Waals surface area contributed by atoms with Gasteiger partial charge in [0.05, 0.1) is 11.4 Å². The van der Waals surface area contributed by atoms with E-state index in [1.165, 1.54) is 6.07 Å². The summed E-state index contributed by atoms with van der Waals surface area (Å²) in [5.74, 6) is -1.29. The van der Waals surface area contributed by atoms with Gasteiger partial charge in [0.1, 0.15) is 5.82 Å². The highest BCUT2D eigenvalue weighted by Crippen LogP contribution is 2.29. The zero-order chi connectivity index (χ0) is 12.3. The summed E-state index contributed by atoms with van der Waals surface area (Å²) in [5, 5.41) is 0. The molecule has 1 atom stereocenters. The molecule has 1 unspecified atom stereocenters. The van der Waals surface area contributed by atoms with Crippen LogP contribution < -0.4 is 10.6 Å². The fourth-order valence-corrected chi connectivity index (χ4v) is 1.75. The molecule has 0 fully saturated rings. The van der Waals surface area contributed by atoms with Crippen molar-refractivity contribution in [3.8, 4) is 0 Å². The highest BCUT2D eigenvalue weighted by Gasteiger charge is 2.17. The Hall–Kier alpha value is -1.32. The van der Waals surface area contributed by atoms with Crippen LogP contribution >= 0.6 is 0 Å². The second-order valence-corrected chi connectivity index (χ2v) is 3.86. The molecule has 0 saturated carbocycles. The average Bonchev–Trinajstić information content (AvgIpc) is 2.25. The zero-order valence-corrected chi connectivity index (χ0v) is 9.93. The number of nitrogens with zero attached hydrogens (tertiary/aromatic N) is 1. The number of hydrogen-bond acceptors (Lipinski definition) is 2. The largest absolute Gasteiger partial charge is 0.395 e. The first kappa shape index (κ1) is 12.7. The molecule has 2 N–H and O–H groups in total. The summed E-state index contributed by atoms with van der Waals surface area (Å²) >= 11 is 0. The van der Waals surface area contributed by atoms with Gasteiger partial charge in [-0.1, -0.05) is 6.92 Å². The van der Waals surface area contributed by atoms with Crippen molar-refractivity contribution >= 4 is 11.4 Å². The minimum atomic E-state index is -0.697. The van der Waals surface area contributed by atoms with E-state index in [1.807, 2.05) is 25.7 Å². The van der Waals surface area contributed by atoms with Gasteiger partial charge in [-0.2, -0.15) is 0 Å². The quantitative estimate of drug-likeness (QED) is 0.802. The van der Waals surface area contributed by atoms with Gasteiger partial charge in [0.25, 0.3) is 0 Å². The van der Waals surface area contributed by atoms with Gasteiger partial charge in [-0.05, 0) is 26.3 Å². The SMILES string of the molecule is CCC(C)N(CC)c1cc(F)cc(F)c1N. The molecular weight excluding hydrogens is 210 g/mol. The first-order valence-corrected chi connectivity index (χ1v) is 5.52. The molecule has 0 aliphatic carbocycles. The number of halogens is 2. The lowest BCUT2D eigenvalue weighted by Crippen LogP contribution is -2.33. The van der Waals surface area contributed by atoms with E-state index in [4.69, 9.17) is 5.73 Å². The van der Waals surface area contributed by atoms with E-state index in [2.05, 4.69) is 0 Å². The lowest BCUT2D eigenvalue weighted by Gasteiger charge is -2.30. The summed E-state index contributed by atoms with van der Waals surface area (Å²) in [5.41, 5.74) is 6.09. The third-order valence-electron chi connectivity index (χ3n) is 2.85. The monoisotopic (exact) mass is 228 g/mol. The van der Waals surface area contributed by atoms with Gasteiger partial charge in [-0.25, -0.2) is 8.78 Å². The maximum Gasteiger partial charge on any atom is 0.151 e. The molecule has 16 heavy (non-hydrogen) atoms. The van der Waals surface area contributed by atoms with Crippen molar-refractivity contribution in [2.45, 2.75) is 33.2 Å². The Morgan fingerprint density at radius 3 is 2.44 bits per heavy atom. The molecule has 0 spiro atoms. The predicted molar refractivity (Wildman–Crippen MR) is 63.5 cm³/mol. The summed E-state index contributed by atoms with van der Waals surface area (Å²) < 4.78 is 26.5. The molecule has 1 aromatic carbocycles. The van der Waals surface area contributed by atoms with Gasteiger partial charge in [0.15, 0.2) is 5.82 Å². The molecule has 1 aromatic rings. The van der Waals surface area contributed by atoms with Crippen LogP contribution in [0.15, 0.2) is 12.1 Å². The molecule has 0 radical (unpaired) electrons. The van der Waals surface area contributed by atoms with Crippen molar-refractivity contribution in [3.63, 3.8) is 0 Å². The molecule has 0 bridgehead atoms. The molecule has 0 aromatic heterocycles. The first-order chi connectivity index (χ1) is 7.51. The maximum atomic E-state index is 13.3. The maximum absolute atomic E-state index is 13.3. The van der Waals surface area contributed by atoms with E-state index in [1.54, 1.807) is 0 Å². The highest BCUT2D eigenvalue weighted by molar-refractivity contribution is 5.68. The molecule has 0 amide bonds. The highest BCUT2D eigenvalue weighted by atomic mass is 19.1. The first-order valence-electron chi connectivity index (χ1n) is 5.52. The Kier molecular flexibility index (Phi) is 4.10. The fraction of sp³-hybridized carbons (Fsp3) is 0.500. The van der Waals surface area contributed by atoms with E-state index in [9.17, 15) is 8.78 Å². The van der Waals surface area contributed by atoms with Crippen LogP contribution in [0.5, 0.6) is 0 Å². The summed E-state index contributed by atoms with van der Waals surface area (Å²) in [6, 6.07) is 2.30. The summed E-state index contributed by atoms with van der Waals surface area (Å²) in [6.45, 7) is 6.64. The Bertz CT molecular complexity index is 366. The van der Waals surface area contributed by atoms with Gasteiger partial charge in [0, 0.05) is 18.7 Å². The summed E-state index contributed by atoms with van der Waals surface area (Å²) in [6.07, 6.45) is 0.894. The summed E-state index contributed by atoms with van der Waals surface area (Å²) in [4.78, 5) is 1.90. The van der Waals surface area contributed by atoms with Crippen LogP contribution in [0.1, 0.15) is 27.2 Å². The molecule has 0 aliphatic rings. The molecule has 0 saturated heterocycles. The summed E-state index contributed by atoms with van der Waals surface area (Å²) in [7, 11) is 0. The smallest absolute Gasteiger partial charge is 0.151 e. The van der Waals surface area contributed by atoms with Crippen LogP contribution in [0, 0.1) is 11.6 Å². The van der Waals surface area contributed by atoms with E-state index in [0.717, 1.165) is 12.5 Å². The van der Waals surface area contributed by atoms with Crippen molar-refractivity contribution in [2.24, 2.45) is 0 Å². The molecule has 90 valence electrons. The van der Waals surface area contributed by atoms with Crippen LogP contribution in [-0.2, 0) is 0 Å². The van der Waals surface area contributed by atoms with E-state index < -0.39 is 11.6 Å². The number of benzene rings is 1. The van der Waals surface area contributed by atoms with Crippen molar-refractivity contribution in [1.29, 1.82) is 0 Å². The normalized spacial score (nSPS) is 12.6.